The van der Waals surface area contributed by atoms with E-state index < -0.39 is 0 Å². The van der Waals surface area contributed by atoms with Crippen LogP contribution in [-0.4, -0.2) is 38.5 Å². The molecule has 1 N–H and O–H groups in total. The molecule has 34 heavy (non-hydrogen) atoms. The predicted molar refractivity (Wildman–Crippen MR) is 142 cm³/mol. The van der Waals surface area contributed by atoms with Gasteiger partial charge in [0.25, 0.3) is 5.91 Å². The lowest BCUT2D eigenvalue weighted by molar-refractivity contribution is -0.123. The summed E-state index contributed by atoms with van der Waals surface area (Å²) in [7, 11) is 0. The van der Waals surface area contributed by atoms with Crippen molar-refractivity contribution < 1.29 is 9.59 Å². The average Bonchev–Trinajstić information content (AvgIpc) is 3.27. The van der Waals surface area contributed by atoms with Crippen LogP contribution in [0.25, 0.3) is 17.0 Å². The molecule has 1 aliphatic heterocycles. The van der Waals surface area contributed by atoms with Crippen LogP contribution >= 0.6 is 23.4 Å². The third-order valence-corrected chi connectivity index (χ3v) is 6.52. The fraction of sp³-hybridized carbons (Fsp3) is 0.269. The Bertz CT molecular complexity index is 1290. The summed E-state index contributed by atoms with van der Waals surface area (Å²) in [4.78, 5) is 32.9. The van der Waals surface area contributed by atoms with Crippen LogP contribution in [0.2, 0.25) is 5.02 Å². The predicted octanol–water partition coefficient (Wildman–Crippen LogP) is 6.02. The molecule has 176 valence electrons. The van der Waals surface area contributed by atoms with Gasteiger partial charge in [0.05, 0.1) is 4.91 Å². The van der Waals surface area contributed by atoms with E-state index in [1.54, 1.807) is 29.2 Å². The lowest BCUT2D eigenvalue weighted by atomic mass is 10.1. The van der Waals surface area contributed by atoms with Gasteiger partial charge in [0.2, 0.25) is 5.91 Å². The number of hydrogen-bond acceptors (Lipinski definition) is 4. The van der Waals surface area contributed by atoms with E-state index in [1.807, 2.05) is 68.8 Å². The Morgan fingerprint density at radius 2 is 1.82 bits per heavy atom. The lowest BCUT2D eigenvalue weighted by Crippen LogP contribution is -2.35. The first-order chi connectivity index (χ1) is 16.2. The lowest BCUT2D eigenvalue weighted by Gasteiger charge is -2.20. The Morgan fingerprint density at radius 3 is 2.50 bits per heavy atom. The van der Waals surface area contributed by atoms with Crippen molar-refractivity contribution in [1.82, 2.24) is 9.47 Å². The van der Waals surface area contributed by atoms with Crippen LogP contribution in [0.1, 0.15) is 33.3 Å². The highest BCUT2D eigenvalue weighted by Crippen LogP contribution is 2.35. The Kier molecular flexibility index (Phi) is 7.14. The van der Waals surface area contributed by atoms with Crippen molar-refractivity contribution in [3.63, 3.8) is 0 Å². The number of fused-ring (bicyclic) bond motifs is 1. The fourth-order valence-electron chi connectivity index (χ4n) is 3.80. The molecule has 0 atom stereocenters. The largest absolute Gasteiger partial charge is 0.337 e. The Balaban J connectivity index is 1.64. The first kappa shape index (κ1) is 24.1. The Hall–Kier alpha value is -3.03. The van der Waals surface area contributed by atoms with Crippen molar-refractivity contribution in [1.29, 1.82) is 0 Å². The van der Waals surface area contributed by atoms with Crippen molar-refractivity contribution in [2.24, 2.45) is 4.99 Å². The van der Waals surface area contributed by atoms with E-state index in [1.165, 1.54) is 11.8 Å². The van der Waals surface area contributed by atoms with Gasteiger partial charge in [-0.3, -0.25) is 19.5 Å². The molecule has 3 aromatic rings. The molecule has 6 nitrogen and oxygen atoms in total. The number of para-hydroxylation sites is 1. The smallest absolute Gasteiger partial charge is 0.266 e. The summed E-state index contributed by atoms with van der Waals surface area (Å²) in [6, 6.07) is 15.0. The molecule has 0 bridgehead atoms. The molecule has 2 heterocycles. The first-order valence-electron chi connectivity index (χ1n) is 11.2. The zero-order valence-corrected chi connectivity index (χ0v) is 21.2. The molecule has 2 aromatic carbocycles. The minimum atomic E-state index is -0.147. The summed E-state index contributed by atoms with van der Waals surface area (Å²) in [5, 5.41) is 5.22. The van der Waals surface area contributed by atoms with E-state index >= 15 is 0 Å². The molecule has 0 unspecified atom stereocenters. The van der Waals surface area contributed by atoms with Crippen LogP contribution in [-0.2, 0) is 16.1 Å². The molecule has 1 fully saturated rings. The molecule has 2 amide bonds. The molecule has 0 saturated carbocycles. The summed E-state index contributed by atoms with van der Waals surface area (Å²) >= 11 is 7.33. The third kappa shape index (κ3) is 5.21. The highest BCUT2D eigenvalue weighted by Gasteiger charge is 2.35. The van der Waals surface area contributed by atoms with Crippen LogP contribution < -0.4 is 5.32 Å². The number of amides is 2. The number of aromatic nitrogens is 1. The van der Waals surface area contributed by atoms with E-state index in [9.17, 15) is 9.59 Å². The number of anilines is 1. The van der Waals surface area contributed by atoms with Crippen LogP contribution in [0.5, 0.6) is 0 Å². The van der Waals surface area contributed by atoms with Gasteiger partial charge >= 0.3 is 0 Å². The van der Waals surface area contributed by atoms with Crippen molar-refractivity contribution in [2.45, 2.75) is 46.3 Å². The van der Waals surface area contributed by atoms with E-state index in [2.05, 4.69) is 10.3 Å². The highest BCUT2D eigenvalue weighted by molar-refractivity contribution is 8.18. The molecule has 1 aliphatic rings. The molecule has 4 rings (SSSR count). The molecule has 0 spiro atoms. The number of rotatable bonds is 6. The Labute approximate surface area is 208 Å². The summed E-state index contributed by atoms with van der Waals surface area (Å²) < 4.78 is 1.90. The number of thioether (sulfide) groups is 1. The van der Waals surface area contributed by atoms with E-state index in [0.717, 1.165) is 21.6 Å². The standard InChI is InChI=1S/C26H27ClN4O2S/c1-16(2)28-26-31(17(3)4)25(33)23(34-26)13-18-14-30(22-8-6-5-7-21(18)22)15-24(32)29-20-11-9-19(27)10-12-20/h5-14,16-17H,15H2,1-4H3,(H,29,32)/b23-13+,28-26?. The second kappa shape index (κ2) is 10.1. The topological polar surface area (TPSA) is 66.7 Å². The second-order valence-electron chi connectivity index (χ2n) is 8.67. The quantitative estimate of drug-likeness (QED) is 0.426. The maximum absolute atomic E-state index is 13.2. The Morgan fingerprint density at radius 1 is 1.12 bits per heavy atom. The first-order valence-corrected chi connectivity index (χ1v) is 12.4. The third-order valence-electron chi connectivity index (χ3n) is 5.27. The van der Waals surface area contributed by atoms with Gasteiger partial charge < -0.3 is 9.88 Å². The number of aliphatic imine (C=N–C) groups is 1. The number of carbonyl (C=O) groups excluding carboxylic acids is 2. The van der Waals surface area contributed by atoms with Gasteiger partial charge in [-0.2, -0.15) is 0 Å². The number of hydrogen-bond donors (Lipinski definition) is 1. The van der Waals surface area contributed by atoms with Crippen LogP contribution in [0.3, 0.4) is 0 Å². The molecule has 8 heteroatoms. The number of halogens is 1. The molecule has 1 aromatic heterocycles. The van der Waals surface area contributed by atoms with Crippen molar-refractivity contribution >= 4 is 63.0 Å². The van der Waals surface area contributed by atoms with Crippen LogP contribution in [0.4, 0.5) is 5.69 Å². The number of carbonyl (C=O) groups is 2. The summed E-state index contributed by atoms with van der Waals surface area (Å²) in [6.07, 6.45) is 3.82. The van der Waals surface area contributed by atoms with Crippen molar-refractivity contribution in [2.75, 3.05) is 5.32 Å². The van der Waals surface area contributed by atoms with Gasteiger partial charge in [0.15, 0.2) is 5.17 Å². The van der Waals surface area contributed by atoms with Gasteiger partial charge in [0, 0.05) is 45.5 Å². The zero-order valence-electron chi connectivity index (χ0n) is 19.6. The normalized spacial score (nSPS) is 16.6. The van der Waals surface area contributed by atoms with Gasteiger partial charge in [-0.25, -0.2) is 0 Å². The minimum absolute atomic E-state index is 0.0151. The molecule has 0 radical (unpaired) electrons. The fourth-order valence-corrected chi connectivity index (χ4v) is 5.15. The molecular weight excluding hydrogens is 468 g/mol. The van der Waals surface area contributed by atoms with E-state index in [0.29, 0.717) is 15.6 Å². The molecular formula is C26H27ClN4O2S. The number of amidine groups is 1. The molecule has 1 saturated heterocycles. The maximum Gasteiger partial charge on any atom is 0.266 e. The minimum Gasteiger partial charge on any atom is -0.337 e. The van der Waals surface area contributed by atoms with E-state index in [-0.39, 0.29) is 30.4 Å². The molecule has 0 aliphatic carbocycles. The summed E-state index contributed by atoms with van der Waals surface area (Å²) in [6.45, 7) is 8.12. The van der Waals surface area contributed by atoms with E-state index in [4.69, 9.17) is 11.6 Å². The summed E-state index contributed by atoms with van der Waals surface area (Å²) in [5.41, 5.74) is 2.50. The zero-order chi connectivity index (χ0) is 24.4. The van der Waals surface area contributed by atoms with Gasteiger partial charge in [-0.05, 0) is 75.9 Å². The van der Waals surface area contributed by atoms with Gasteiger partial charge in [0.1, 0.15) is 6.54 Å². The number of nitrogens with one attached hydrogen (secondary N) is 1. The highest BCUT2D eigenvalue weighted by atomic mass is 35.5. The average molecular weight is 495 g/mol. The summed E-state index contributed by atoms with van der Waals surface area (Å²) in [5.74, 6) is -0.192. The van der Waals surface area contributed by atoms with Crippen LogP contribution in [0.15, 0.2) is 64.6 Å². The van der Waals surface area contributed by atoms with Gasteiger partial charge in [-0.15, -0.1) is 0 Å². The number of nitrogens with zero attached hydrogens (tertiary/aromatic N) is 3. The number of benzene rings is 2. The second-order valence-corrected chi connectivity index (χ2v) is 10.1. The van der Waals surface area contributed by atoms with Crippen molar-refractivity contribution in [3.05, 3.63) is 70.2 Å². The SMILES string of the molecule is CC(C)N=C1S/C(=C/c2cn(CC(=O)Nc3ccc(Cl)cc3)c3ccccc23)C(=O)N1C(C)C. The van der Waals surface area contributed by atoms with Crippen LogP contribution in [0, 0.1) is 0 Å². The monoisotopic (exact) mass is 494 g/mol. The van der Waals surface area contributed by atoms with Crippen molar-refractivity contribution in [3.8, 4) is 0 Å². The van der Waals surface area contributed by atoms with Gasteiger partial charge in [-0.1, -0.05) is 29.8 Å². The maximum atomic E-state index is 13.2.